The number of carbonyl (C=O) groups is 3. The van der Waals surface area contributed by atoms with Gasteiger partial charge in [-0.15, -0.1) is 0 Å². The Morgan fingerprint density at radius 2 is 1.56 bits per heavy atom. The molecule has 0 aromatic carbocycles. The molecule has 4 atom stereocenters. The molecule has 2 aliphatic rings. The maximum absolute atomic E-state index is 12.0. The Morgan fingerprint density at radius 3 is 2.16 bits per heavy atom. The highest BCUT2D eigenvalue weighted by Gasteiger charge is 2.44. The number of rotatable bonds is 15. The van der Waals surface area contributed by atoms with Gasteiger partial charge >= 0.3 is 17.9 Å². The Balaban J connectivity index is 1.42. The van der Waals surface area contributed by atoms with Crippen LogP contribution in [0.25, 0.3) is 0 Å². The number of cyclic esters (lactones) is 2. The smallest absolute Gasteiger partial charge is 0.334 e. The molecule has 0 aromatic heterocycles. The first-order valence-electron chi connectivity index (χ1n) is 12.3. The largest absolute Gasteiger partial charge is 0.458 e. The van der Waals surface area contributed by atoms with Crippen molar-refractivity contribution >= 4 is 17.9 Å². The maximum Gasteiger partial charge on any atom is 0.334 e. The van der Waals surface area contributed by atoms with Crippen LogP contribution in [0.5, 0.6) is 0 Å². The summed E-state index contributed by atoms with van der Waals surface area (Å²) in [5, 5.41) is 0. The second kappa shape index (κ2) is 14.1. The number of esters is 3. The third-order valence-electron chi connectivity index (χ3n) is 6.13. The van der Waals surface area contributed by atoms with E-state index in [-0.39, 0.29) is 36.0 Å². The molecule has 0 N–H and O–H groups in total. The van der Waals surface area contributed by atoms with Crippen molar-refractivity contribution in [2.75, 3.05) is 0 Å². The van der Waals surface area contributed by atoms with E-state index in [0.29, 0.717) is 6.42 Å². The fraction of sp³-hybridized carbons (Fsp3) is 0.731. The molecule has 180 valence electrons. The quantitative estimate of drug-likeness (QED) is 0.141. The number of allylic oxidation sites excluding steroid dienone is 2. The molecular weight excluding hydrogens is 408 g/mol. The van der Waals surface area contributed by atoms with Crippen molar-refractivity contribution in [3.8, 4) is 0 Å². The lowest BCUT2D eigenvalue weighted by atomic mass is 9.94. The summed E-state index contributed by atoms with van der Waals surface area (Å²) >= 11 is 0. The first-order valence-corrected chi connectivity index (χ1v) is 12.3. The summed E-state index contributed by atoms with van der Waals surface area (Å²) in [6.45, 7) is 5.05. The molecule has 1 saturated heterocycles. The predicted octanol–water partition coefficient (Wildman–Crippen LogP) is 5.59. The Kier molecular flexibility index (Phi) is 11.5. The Bertz CT molecular complexity index is 680. The molecule has 0 radical (unpaired) electrons. The zero-order chi connectivity index (χ0) is 23.3. The molecule has 2 heterocycles. The molecule has 6 nitrogen and oxygen atoms in total. The fourth-order valence-corrected chi connectivity index (χ4v) is 4.41. The predicted molar refractivity (Wildman–Crippen MR) is 123 cm³/mol. The summed E-state index contributed by atoms with van der Waals surface area (Å²) in [5.41, 5.74) is 0.847. The van der Waals surface area contributed by atoms with Gasteiger partial charge in [0.1, 0.15) is 12.2 Å². The van der Waals surface area contributed by atoms with Gasteiger partial charge in [0.25, 0.3) is 0 Å². The van der Waals surface area contributed by atoms with Crippen LogP contribution in [0.15, 0.2) is 23.8 Å². The third-order valence-corrected chi connectivity index (χ3v) is 6.13. The molecule has 6 heteroatoms. The molecule has 1 fully saturated rings. The van der Waals surface area contributed by atoms with Gasteiger partial charge in [-0.2, -0.15) is 0 Å². The van der Waals surface area contributed by atoms with Crippen LogP contribution in [-0.2, 0) is 28.6 Å². The van der Waals surface area contributed by atoms with Gasteiger partial charge in [-0.3, -0.25) is 9.59 Å². The first kappa shape index (κ1) is 26.1. The van der Waals surface area contributed by atoms with E-state index in [9.17, 15) is 14.4 Å². The summed E-state index contributed by atoms with van der Waals surface area (Å²) in [7, 11) is 0. The lowest BCUT2D eigenvalue weighted by Gasteiger charge is -2.18. The van der Waals surface area contributed by atoms with Crippen molar-refractivity contribution < 1.29 is 28.6 Å². The highest BCUT2D eigenvalue weighted by Crippen LogP contribution is 2.29. The number of ether oxygens (including phenoxy) is 3. The van der Waals surface area contributed by atoms with Crippen LogP contribution in [0.4, 0.5) is 0 Å². The first-order chi connectivity index (χ1) is 15.4. The number of unbranched alkanes of at least 4 members (excludes halogenated alkanes) is 8. The molecule has 0 spiro atoms. The van der Waals surface area contributed by atoms with E-state index >= 15 is 0 Å². The molecule has 32 heavy (non-hydrogen) atoms. The van der Waals surface area contributed by atoms with Crippen LogP contribution in [-0.4, -0.2) is 36.2 Å². The summed E-state index contributed by atoms with van der Waals surface area (Å²) in [5.74, 6) is -1.05. The normalized spacial score (nSPS) is 25.2. The van der Waals surface area contributed by atoms with E-state index < -0.39 is 6.10 Å². The van der Waals surface area contributed by atoms with E-state index in [1.807, 2.05) is 13.0 Å². The number of hydrogen-bond donors (Lipinski definition) is 0. The minimum absolute atomic E-state index is 0.0581. The van der Waals surface area contributed by atoms with Crippen LogP contribution in [0.1, 0.15) is 97.8 Å². The van der Waals surface area contributed by atoms with Crippen LogP contribution in [0.3, 0.4) is 0 Å². The summed E-state index contributed by atoms with van der Waals surface area (Å²) in [4.78, 5) is 34.7. The van der Waals surface area contributed by atoms with Crippen molar-refractivity contribution in [2.45, 2.75) is 116 Å². The molecule has 0 bridgehead atoms. The third kappa shape index (κ3) is 9.17. The van der Waals surface area contributed by atoms with Crippen molar-refractivity contribution in [1.29, 1.82) is 0 Å². The Hall–Kier alpha value is -2.11. The van der Waals surface area contributed by atoms with Crippen LogP contribution >= 0.6 is 0 Å². The zero-order valence-electron chi connectivity index (χ0n) is 20.0. The van der Waals surface area contributed by atoms with Gasteiger partial charge in [-0.25, -0.2) is 4.79 Å². The monoisotopic (exact) mass is 448 g/mol. The Morgan fingerprint density at radius 1 is 0.938 bits per heavy atom. The average Bonchev–Trinajstić information content (AvgIpc) is 3.18. The van der Waals surface area contributed by atoms with E-state index in [1.54, 1.807) is 6.92 Å². The second-order valence-corrected chi connectivity index (χ2v) is 9.04. The number of hydrogen-bond acceptors (Lipinski definition) is 6. The van der Waals surface area contributed by atoms with Gasteiger partial charge in [-0.05, 0) is 64.9 Å². The summed E-state index contributed by atoms with van der Waals surface area (Å²) in [6.07, 6.45) is 18.3. The van der Waals surface area contributed by atoms with E-state index in [0.717, 1.165) is 63.4 Å². The molecule has 0 amide bonds. The van der Waals surface area contributed by atoms with Gasteiger partial charge in [0.05, 0.1) is 5.92 Å². The average molecular weight is 449 g/mol. The van der Waals surface area contributed by atoms with Crippen LogP contribution < -0.4 is 0 Å². The van der Waals surface area contributed by atoms with Gasteiger partial charge in [0.2, 0.25) is 0 Å². The SMILES string of the molecule is CC(=O)OC1C(C)OC(=O)C1CCCCCCC=CCCCCCCC1=CC(C)OC1=O. The zero-order valence-corrected chi connectivity index (χ0v) is 20.0. The minimum Gasteiger partial charge on any atom is -0.458 e. The highest BCUT2D eigenvalue weighted by molar-refractivity contribution is 5.90. The van der Waals surface area contributed by atoms with Gasteiger partial charge < -0.3 is 14.2 Å². The highest BCUT2D eigenvalue weighted by atomic mass is 16.6. The Labute approximate surface area is 192 Å². The summed E-state index contributed by atoms with van der Waals surface area (Å²) in [6, 6.07) is 0. The summed E-state index contributed by atoms with van der Waals surface area (Å²) < 4.78 is 15.6. The topological polar surface area (TPSA) is 78.9 Å². The van der Waals surface area contributed by atoms with Gasteiger partial charge in [0.15, 0.2) is 6.10 Å². The van der Waals surface area contributed by atoms with Crippen LogP contribution in [0, 0.1) is 5.92 Å². The van der Waals surface area contributed by atoms with Crippen LogP contribution in [0.2, 0.25) is 0 Å². The second-order valence-electron chi connectivity index (χ2n) is 9.04. The standard InChI is InChI=1S/C26H40O6/c1-19-18-22(25(28)30-19)16-14-12-10-8-6-4-5-7-9-11-13-15-17-23-24(32-21(3)27)20(2)31-26(23)29/h4-5,18-20,23-24H,6-17H2,1-3H3. The molecule has 4 unspecified atom stereocenters. The molecule has 0 aromatic rings. The van der Waals surface area contributed by atoms with Crippen molar-refractivity contribution in [3.05, 3.63) is 23.8 Å². The van der Waals surface area contributed by atoms with Crippen molar-refractivity contribution in [2.24, 2.45) is 5.92 Å². The lowest BCUT2D eigenvalue weighted by molar-refractivity contribution is -0.150. The molecule has 2 rings (SSSR count). The molecule has 0 saturated carbocycles. The van der Waals surface area contributed by atoms with Gasteiger partial charge in [-0.1, -0.05) is 44.3 Å². The van der Waals surface area contributed by atoms with E-state index in [4.69, 9.17) is 14.2 Å². The fourth-order valence-electron chi connectivity index (χ4n) is 4.41. The number of carbonyl (C=O) groups excluding carboxylic acids is 3. The van der Waals surface area contributed by atoms with Crippen molar-refractivity contribution in [3.63, 3.8) is 0 Å². The van der Waals surface area contributed by atoms with Gasteiger partial charge in [0, 0.05) is 12.5 Å². The van der Waals surface area contributed by atoms with Crippen molar-refractivity contribution in [1.82, 2.24) is 0 Å². The lowest BCUT2D eigenvalue weighted by Crippen LogP contribution is -2.30. The maximum atomic E-state index is 12.0. The van der Waals surface area contributed by atoms with E-state index in [1.165, 1.54) is 19.8 Å². The molecule has 0 aliphatic carbocycles. The molecule has 2 aliphatic heterocycles. The minimum atomic E-state index is -0.442. The van der Waals surface area contributed by atoms with E-state index in [2.05, 4.69) is 12.2 Å². The molecular formula is C26H40O6.